The molecule has 0 aliphatic rings. The normalized spacial score (nSPS) is 10.2. The summed E-state index contributed by atoms with van der Waals surface area (Å²) in [4.78, 5) is 22.9. The summed E-state index contributed by atoms with van der Waals surface area (Å²) in [6.45, 7) is 4.27. The number of carbonyl (C=O) groups is 1. The number of benzene rings is 5. The van der Waals surface area contributed by atoms with E-state index in [1.54, 1.807) is 42.5 Å². The predicted octanol–water partition coefficient (Wildman–Crippen LogP) is 10.5. The number of aldehydes is 1. The van der Waals surface area contributed by atoms with Crippen LogP contribution in [-0.4, -0.2) is 18.0 Å². The van der Waals surface area contributed by atoms with Gasteiger partial charge in [-0.1, -0.05) is 115 Å². The molecular formula is C41H30Cl2N2O4. The van der Waals surface area contributed by atoms with Crippen molar-refractivity contribution in [3.63, 3.8) is 0 Å². The second-order valence-electron chi connectivity index (χ2n) is 10.7. The van der Waals surface area contributed by atoms with Gasteiger partial charge in [-0.2, -0.15) is 5.26 Å². The number of methoxy groups -OCH3 is 1. The van der Waals surface area contributed by atoms with Crippen molar-refractivity contribution in [1.82, 2.24) is 4.57 Å². The molecule has 0 aliphatic heterocycles. The number of aromatic nitrogens is 1. The molecule has 0 saturated heterocycles. The maximum atomic E-state index is 11.6. The number of rotatable bonds is 6. The lowest BCUT2D eigenvalue weighted by atomic mass is 9.99. The number of carbonyl (C=O) groups excluding carboxylic acids is 1. The lowest BCUT2D eigenvalue weighted by Gasteiger charge is -2.08. The molecule has 0 bridgehead atoms. The van der Waals surface area contributed by atoms with E-state index in [1.165, 1.54) is 13.4 Å². The van der Waals surface area contributed by atoms with E-state index >= 15 is 0 Å². The van der Waals surface area contributed by atoms with Crippen molar-refractivity contribution in [2.45, 2.75) is 6.54 Å². The minimum atomic E-state index is -0.135. The average Bonchev–Trinajstić information content (AvgIpc) is 3.50. The lowest BCUT2D eigenvalue weighted by Crippen LogP contribution is -2.04. The zero-order chi connectivity index (χ0) is 34.8. The molecule has 7 aromatic rings. The Morgan fingerprint density at radius 1 is 0.857 bits per heavy atom. The fourth-order valence-electron chi connectivity index (χ4n) is 5.23. The molecule has 0 aliphatic carbocycles. The van der Waals surface area contributed by atoms with Gasteiger partial charge in [0.15, 0.2) is 6.29 Å². The van der Waals surface area contributed by atoms with Crippen LogP contribution in [-0.2, 0) is 6.54 Å². The van der Waals surface area contributed by atoms with Crippen LogP contribution in [0, 0.1) is 11.3 Å². The van der Waals surface area contributed by atoms with E-state index in [4.69, 9.17) is 32.4 Å². The predicted molar refractivity (Wildman–Crippen MR) is 199 cm³/mol. The summed E-state index contributed by atoms with van der Waals surface area (Å²) in [5.41, 5.74) is 6.78. The molecule has 6 nitrogen and oxygen atoms in total. The number of halogens is 2. The Bertz CT molecular complexity index is 2330. The van der Waals surface area contributed by atoms with Gasteiger partial charge in [-0.3, -0.25) is 9.59 Å². The van der Waals surface area contributed by atoms with E-state index in [1.807, 2.05) is 72.9 Å². The summed E-state index contributed by atoms with van der Waals surface area (Å²) in [6.07, 6.45) is 5.77. The molecule has 2 heterocycles. The topological polar surface area (TPSA) is 85.2 Å². The number of hydrogen-bond donors (Lipinski definition) is 0. The number of hydrogen-bond acceptors (Lipinski definition) is 5. The smallest absolute Gasteiger partial charge is 0.234 e. The highest BCUT2D eigenvalue weighted by molar-refractivity contribution is 6.37. The number of nitrogens with zero attached hydrogens (tertiary/aromatic N) is 2. The van der Waals surface area contributed by atoms with Crippen molar-refractivity contribution in [2.24, 2.45) is 0 Å². The monoisotopic (exact) mass is 684 g/mol. The van der Waals surface area contributed by atoms with Crippen molar-refractivity contribution in [1.29, 1.82) is 5.26 Å². The second-order valence-corrected chi connectivity index (χ2v) is 11.5. The van der Waals surface area contributed by atoms with Crippen LogP contribution in [0.4, 0.5) is 0 Å². The van der Waals surface area contributed by atoms with Gasteiger partial charge in [0.05, 0.1) is 24.1 Å². The zero-order valence-corrected chi connectivity index (χ0v) is 28.0. The number of fused-ring (bicyclic) bond motifs is 2. The van der Waals surface area contributed by atoms with Crippen LogP contribution >= 0.6 is 23.2 Å². The maximum Gasteiger partial charge on any atom is 0.234 e. The van der Waals surface area contributed by atoms with E-state index in [9.17, 15) is 14.9 Å². The standard InChI is InChI=1S/C23H16N2O.C10H8O3.C8H6Cl2/c24-13-19-5-1-2-6-21(19)18-11-9-17(10-12-18)14-25-15-20(16-26)22-7-3-4-8-23(22)25;1-12-9-6-13-8-5-3-2-4-7(8)10(9)11;1-2-6-7(9)4-3-5-8(6)10/h1-12,15-16H,14H2;2-6H,1H3;2-5H,1H2. The third-order valence-electron chi connectivity index (χ3n) is 7.68. The molecular weight excluding hydrogens is 655 g/mol. The van der Waals surface area contributed by atoms with Gasteiger partial charge >= 0.3 is 0 Å². The first-order valence-electron chi connectivity index (χ1n) is 15.1. The SMILES string of the molecule is C=Cc1c(Cl)cccc1Cl.COc1coc2ccccc2c1=O.N#Cc1ccccc1-c1ccc(Cn2cc(C=O)c3ccccc32)cc1. The van der Waals surface area contributed by atoms with Crippen LogP contribution in [0.25, 0.3) is 39.1 Å². The van der Waals surface area contributed by atoms with Crippen molar-refractivity contribution in [2.75, 3.05) is 7.11 Å². The second kappa shape index (κ2) is 16.3. The molecule has 49 heavy (non-hydrogen) atoms. The van der Waals surface area contributed by atoms with Gasteiger partial charge in [-0.25, -0.2) is 0 Å². The molecule has 0 radical (unpaired) electrons. The molecule has 242 valence electrons. The fraction of sp³-hybridized carbons (Fsp3) is 0.0488. The first kappa shape index (κ1) is 34.5. The van der Waals surface area contributed by atoms with Crippen molar-refractivity contribution in [3.05, 3.63) is 177 Å². The maximum absolute atomic E-state index is 11.6. The molecule has 0 atom stereocenters. The van der Waals surface area contributed by atoms with Crippen molar-refractivity contribution >= 4 is 57.4 Å². The number of para-hydroxylation sites is 2. The largest absolute Gasteiger partial charge is 0.490 e. The summed E-state index contributed by atoms with van der Waals surface area (Å²) in [7, 11) is 1.45. The highest BCUT2D eigenvalue weighted by Crippen LogP contribution is 2.26. The van der Waals surface area contributed by atoms with Crippen LogP contribution in [0.5, 0.6) is 5.75 Å². The van der Waals surface area contributed by atoms with Crippen LogP contribution in [0.1, 0.15) is 27.0 Å². The quantitative estimate of drug-likeness (QED) is 0.163. The van der Waals surface area contributed by atoms with Gasteiger partial charge in [-0.05, 0) is 53.1 Å². The fourth-order valence-corrected chi connectivity index (χ4v) is 5.78. The van der Waals surface area contributed by atoms with Crippen molar-refractivity contribution in [3.8, 4) is 22.9 Å². The Balaban J connectivity index is 0.000000168. The summed E-state index contributed by atoms with van der Waals surface area (Å²) in [5, 5.41) is 12.1. The van der Waals surface area contributed by atoms with Gasteiger partial charge in [0.25, 0.3) is 0 Å². The van der Waals surface area contributed by atoms with Gasteiger partial charge in [0, 0.05) is 44.8 Å². The van der Waals surface area contributed by atoms with E-state index in [2.05, 4.69) is 29.3 Å². The number of ether oxygens (including phenoxy) is 1. The molecule has 8 heteroatoms. The molecule has 7 rings (SSSR count). The molecule has 0 spiro atoms. The third-order valence-corrected chi connectivity index (χ3v) is 8.34. The highest BCUT2D eigenvalue weighted by Gasteiger charge is 2.09. The molecule has 0 N–H and O–H groups in total. The van der Waals surface area contributed by atoms with Gasteiger partial charge < -0.3 is 13.7 Å². The van der Waals surface area contributed by atoms with Crippen molar-refractivity contribution < 1.29 is 13.9 Å². The third kappa shape index (κ3) is 7.99. The first-order chi connectivity index (χ1) is 23.9. The number of nitriles is 1. The minimum absolute atomic E-state index is 0.135. The Hall–Kier alpha value is -5.87. The first-order valence-corrected chi connectivity index (χ1v) is 15.9. The van der Waals surface area contributed by atoms with E-state index in [0.29, 0.717) is 38.7 Å². The van der Waals surface area contributed by atoms with Crippen LogP contribution in [0.15, 0.2) is 144 Å². The molecule has 2 aromatic heterocycles. The average molecular weight is 686 g/mol. The van der Waals surface area contributed by atoms with Gasteiger partial charge in [0.1, 0.15) is 11.8 Å². The van der Waals surface area contributed by atoms with Crippen LogP contribution in [0.3, 0.4) is 0 Å². The molecule has 0 saturated carbocycles. The Morgan fingerprint density at radius 2 is 1.51 bits per heavy atom. The van der Waals surface area contributed by atoms with Gasteiger partial charge in [0.2, 0.25) is 11.2 Å². The minimum Gasteiger partial charge on any atom is -0.490 e. The van der Waals surface area contributed by atoms with Crippen LogP contribution < -0.4 is 10.2 Å². The summed E-state index contributed by atoms with van der Waals surface area (Å²) >= 11 is 11.5. The Kier molecular flexibility index (Phi) is 11.5. The molecule has 5 aromatic carbocycles. The van der Waals surface area contributed by atoms with E-state index < -0.39 is 0 Å². The Labute approximate surface area is 293 Å². The zero-order valence-electron chi connectivity index (χ0n) is 26.5. The van der Waals surface area contributed by atoms with Crippen LogP contribution in [0.2, 0.25) is 10.0 Å². The lowest BCUT2D eigenvalue weighted by molar-refractivity contribution is 0.112. The highest BCUT2D eigenvalue weighted by atomic mass is 35.5. The molecule has 0 fully saturated rings. The molecule has 0 amide bonds. The summed E-state index contributed by atoms with van der Waals surface area (Å²) in [5.74, 6) is 0.235. The Morgan fingerprint density at radius 3 is 2.16 bits per heavy atom. The molecule has 0 unspecified atom stereocenters. The van der Waals surface area contributed by atoms with E-state index in [0.717, 1.165) is 39.4 Å². The van der Waals surface area contributed by atoms with Gasteiger partial charge in [-0.15, -0.1) is 0 Å². The summed E-state index contributed by atoms with van der Waals surface area (Å²) < 4.78 is 12.1. The van der Waals surface area contributed by atoms with E-state index in [-0.39, 0.29) is 11.2 Å². The summed E-state index contributed by atoms with van der Waals surface area (Å²) in [6, 6.07) is 38.4.